The van der Waals surface area contributed by atoms with Gasteiger partial charge in [0, 0.05) is 6.92 Å². The van der Waals surface area contributed by atoms with Crippen LogP contribution in [-0.2, 0) is 9.59 Å². The summed E-state index contributed by atoms with van der Waals surface area (Å²) in [7, 11) is 0. The van der Waals surface area contributed by atoms with Crippen molar-refractivity contribution in [1.29, 1.82) is 0 Å². The molecule has 0 saturated heterocycles. The van der Waals surface area contributed by atoms with Crippen LogP contribution in [0.15, 0.2) is 84.9 Å². The molecule has 26 heavy (non-hydrogen) atoms. The van der Waals surface area contributed by atoms with Gasteiger partial charge in [-0.05, 0) is 30.2 Å². The molecule has 0 aromatic heterocycles. The number of hydrogen-bond donors (Lipinski definition) is 0. The molecule has 3 heteroatoms. The normalized spacial score (nSPS) is 10.6. The molecular formula is C23H21NO2. The van der Waals surface area contributed by atoms with Crippen LogP contribution in [0.25, 0.3) is 0 Å². The number of carbonyl (C=O) groups excluding carboxylic acids is 2. The third-order valence-electron chi connectivity index (χ3n) is 4.34. The van der Waals surface area contributed by atoms with E-state index in [9.17, 15) is 9.59 Å². The smallest absolute Gasteiger partial charge is 0.245 e. The molecule has 0 aliphatic carbocycles. The Balaban J connectivity index is 2.08. The summed E-state index contributed by atoms with van der Waals surface area (Å²) in [4.78, 5) is 27.1. The van der Waals surface area contributed by atoms with Gasteiger partial charge in [0.15, 0.2) is 0 Å². The van der Waals surface area contributed by atoms with Crippen LogP contribution in [0, 0.1) is 6.92 Å². The van der Waals surface area contributed by atoms with Gasteiger partial charge in [-0.2, -0.15) is 0 Å². The van der Waals surface area contributed by atoms with Crippen LogP contribution in [0.4, 0.5) is 5.69 Å². The molecule has 0 heterocycles. The van der Waals surface area contributed by atoms with E-state index in [-0.39, 0.29) is 11.8 Å². The summed E-state index contributed by atoms with van der Waals surface area (Å²) in [6.45, 7) is 3.39. The second kappa shape index (κ2) is 7.79. The van der Waals surface area contributed by atoms with E-state index in [4.69, 9.17) is 0 Å². The first-order chi connectivity index (χ1) is 12.6. The van der Waals surface area contributed by atoms with Gasteiger partial charge in [0.2, 0.25) is 11.8 Å². The maximum atomic E-state index is 13.5. The Kier molecular flexibility index (Phi) is 5.28. The summed E-state index contributed by atoms with van der Waals surface area (Å²) in [6.07, 6.45) is 0. The van der Waals surface area contributed by atoms with Crippen LogP contribution in [0.1, 0.15) is 29.5 Å². The van der Waals surface area contributed by atoms with Gasteiger partial charge >= 0.3 is 0 Å². The lowest BCUT2D eigenvalue weighted by Crippen LogP contribution is -2.39. The van der Waals surface area contributed by atoms with Crippen molar-refractivity contribution in [3.05, 3.63) is 102 Å². The number of carbonyl (C=O) groups is 2. The van der Waals surface area contributed by atoms with E-state index in [2.05, 4.69) is 0 Å². The predicted molar refractivity (Wildman–Crippen MR) is 104 cm³/mol. The van der Waals surface area contributed by atoms with Crippen molar-refractivity contribution in [2.24, 2.45) is 0 Å². The molecule has 0 aliphatic heterocycles. The van der Waals surface area contributed by atoms with Crippen molar-refractivity contribution in [1.82, 2.24) is 0 Å². The highest BCUT2D eigenvalue weighted by molar-refractivity contribution is 6.17. The van der Waals surface area contributed by atoms with Gasteiger partial charge in [0.05, 0.1) is 11.6 Å². The highest BCUT2D eigenvalue weighted by Gasteiger charge is 2.30. The second-order valence-corrected chi connectivity index (χ2v) is 6.28. The number of rotatable bonds is 4. The summed E-state index contributed by atoms with van der Waals surface area (Å²) < 4.78 is 0. The largest absolute Gasteiger partial charge is 0.274 e. The lowest BCUT2D eigenvalue weighted by Gasteiger charge is -2.26. The van der Waals surface area contributed by atoms with Gasteiger partial charge in [-0.15, -0.1) is 0 Å². The summed E-state index contributed by atoms with van der Waals surface area (Å²) >= 11 is 0. The van der Waals surface area contributed by atoms with Crippen molar-refractivity contribution >= 4 is 17.5 Å². The van der Waals surface area contributed by atoms with Crippen LogP contribution >= 0.6 is 0 Å². The van der Waals surface area contributed by atoms with Gasteiger partial charge in [-0.1, -0.05) is 78.4 Å². The lowest BCUT2D eigenvalue weighted by molar-refractivity contribution is -0.125. The van der Waals surface area contributed by atoms with E-state index in [0.29, 0.717) is 5.69 Å². The fourth-order valence-corrected chi connectivity index (χ4v) is 3.06. The molecule has 2 amide bonds. The van der Waals surface area contributed by atoms with Crippen molar-refractivity contribution in [3.8, 4) is 0 Å². The van der Waals surface area contributed by atoms with Crippen LogP contribution in [0.5, 0.6) is 0 Å². The minimum absolute atomic E-state index is 0.251. The zero-order valence-electron chi connectivity index (χ0n) is 14.9. The highest BCUT2D eigenvalue weighted by Crippen LogP contribution is 2.29. The third kappa shape index (κ3) is 3.72. The van der Waals surface area contributed by atoms with Crippen LogP contribution in [-0.4, -0.2) is 11.8 Å². The minimum Gasteiger partial charge on any atom is -0.274 e. The minimum atomic E-state index is -0.539. The molecule has 0 fully saturated rings. The van der Waals surface area contributed by atoms with Crippen LogP contribution in [0.2, 0.25) is 0 Å². The number of aryl methyl sites for hydroxylation is 1. The Morgan fingerprint density at radius 2 is 1.19 bits per heavy atom. The van der Waals surface area contributed by atoms with Crippen molar-refractivity contribution < 1.29 is 9.59 Å². The van der Waals surface area contributed by atoms with Crippen LogP contribution < -0.4 is 4.90 Å². The Morgan fingerprint density at radius 1 is 0.731 bits per heavy atom. The van der Waals surface area contributed by atoms with E-state index >= 15 is 0 Å². The first kappa shape index (κ1) is 17.6. The third-order valence-corrected chi connectivity index (χ3v) is 4.34. The van der Waals surface area contributed by atoms with Gasteiger partial charge in [0.1, 0.15) is 0 Å². The van der Waals surface area contributed by atoms with Crippen molar-refractivity contribution in [2.45, 2.75) is 19.8 Å². The lowest BCUT2D eigenvalue weighted by atomic mass is 9.89. The number of anilines is 1. The molecule has 0 radical (unpaired) electrons. The quantitative estimate of drug-likeness (QED) is 0.688. The molecular weight excluding hydrogens is 322 g/mol. The topological polar surface area (TPSA) is 37.4 Å². The molecule has 3 rings (SSSR count). The Labute approximate surface area is 153 Å². The highest BCUT2D eigenvalue weighted by atomic mass is 16.2. The summed E-state index contributed by atoms with van der Waals surface area (Å²) in [5.41, 5.74) is 3.39. The van der Waals surface area contributed by atoms with Crippen molar-refractivity contribution in [3.63, 3.8) is 0 Å². The maximum Gasteiger partial charge on any atom is 0.245 e. The molecule has 0 saturated carbocycles. The molecule has 0 unspecified atom stereocenters. The van der Waals surface area contributed by atoms with Gasteiger partial charge in [-0.25, -0.2) is 4.90 Å². The van der Waals surface area contributed by atoms with E-state index < -0.39 is 5.92 Å². The summed E-state index contributed by atoms with van der Waals surface area (Å²) in [5.74, 6) is -1.09. The monoisotopic (exact) mass is 343 g/mol. The van der Waals surface area contributed by atoms with Gasteiger partial charge < -0.3 is 0 Å². The SMILES string of the molecule is CC(=O)N(C(=O)C(c1ccccc1)c1ccccc1)c1ccc(C)cc1. The molecule has 0 N–H and O–H groups in total. The van der Waals surface area contributed by atoms with E-state index in [1.807, 2.05) is 91.9 Å². The number of hydrogen-bond acceptors (Lipinski definition) is 2. The zero-order valence-corrected chi connectivity index (χ0v) is 14.9. The van der Waals surface area contributed by atoms with E-state index in [1.165, 1.54) is 11.8 Å². The first-order valence-electron chi connectivity index (χ1n) is 8.59. The first-order valence-corrected chi connectivity index (χ1v) is 8.59. The maximum absolute atomic E-state index is 13.5. The fourth-order valence-electron chi connectivity index (χ4n) is 3.06. The number of nitrogens with zero attached hydrogens (tertiary/aromatic N) is 1. The summed E-state index contributed by atoms with van der Waals surface area (Å²) in [6, 6.07) is 26.5. The number of amides is 2. The molecule has 3 nitrogen and oxygen atoms in total. The van der Waals surface area contributed by atoms with E-state index in [1.54, 1.807) is 0 Å². The fraction of sp³-hybridized carbons (Fsp3) is 0.130. The Hall–Kier alpha value is -3.20. The average molecular weight is 343 g/mol. The summed E-state index contributed by atoms with van der Waals surface area (Å²) in [5, 5.41) is 0. The van der Waals surface area contributed by atoms with Gasteiger partial charge in [-0.3, -0.25) is 9.59 Å². The molecule has 0 atom stereocenters. The molecule has 0 aliphatic rings. The standard InChI is InChI=1S/C23H21NO2/c1-17-13-15-21(16-14-17)24(18(2)25)23(26)22(19-9-5-3-6-10-19)20-11-7-4-8-12-20/h3-16,22H,1-2H3. The average Bonchev–Trinajstić information content (AvgIpc) is 2.65. The predicted octanol–water partition coefficient (Wildman–Crippen LogP) is 4.71. The Bertz CT molecular complexity index is 847. The molecule has 130 valence electrons. The molecule has 3 aromatic carbocycles. The number of imide groups is 1. The molecule has 0 spiro atoms. The zero-order chi connectivity index (χ0) is 18.5. The van der Waals surface area contributed by atoms with Crippen LogP contribution in [0.3, 0.4) is 0 Å². The Morgan fingerprint density at radius 3 is 1.62 bits per heavy atom. The van der Waals surface area contributed by atoms with E-state index in [0.717, 1.165) is 16.7 Å². The second-order valence-electron chi connectivity index (χ2n) is 6.28. The van der Waals surface area contributed by atoms with Gasteiger partial charge in [0.25, 0.3) is 0 Å². The van der Waals surface area contributed by atoms with Crippen molar-refractivity contribution in [2.75, 3.05) is 4.90 Å². The molecule has 3 aromatic rings. The molecule has 0 bridgehead atoms. The number of benzene rings is 3.